The number of imide groups is 1. The van der Waals surface area contributed by atoms with E-state index in [0.29, 0.717) is 37.5 Å². The Morgan fingerprint density at radius 2 is 1.78 bits per heavy atom. The maximum Gasteiger partial charge on any atom is 0.255 e. The quantitative estimate of drug-likeness (QED) is 0.520. The minimum Gasteiger partial charge on any atom is -0.339 e. The fraction of sp³-hybridized carbons (Fsp3) is 0.400. The minimum absolute atomic E-state index is 0.0711. The molecular weight excluding hydrogens is 466 g/mol. The third kappa shape index (κ3) is 5.01. The number of amides is 4. The number of piperidine rings is 2. The van der Waals surface area contributed by atoms with Crippen LogP contribution in [0.2, 0.25) is 0 Å². The highest BCUT2D eigenvalue weighted by Gasteiger charge is 2.39. The first-order valence-electron chi connectivity index (χ1n) is 13.0. The van der Waals surface area contributed by atoms with E-state index in [9.17, 15) is 19.2 Å². The molecule has 3 heterocycles. The largest absolute Gasteiger partial charge is 0.339 e. The number of carbonyl (C=O) groups excluding carboxylic acids is 4. The lowest BCUT2D eigenvalue weighted by atomic mass is 9.95. The number of benzene rings is 2. The lowest BCUT2D eigenvalue weighted by Gasteiger charge is -2.30. The predicted molar refractivity (Wildman–Crippen MR) is 139 cm³/mol. The molecule has 7 heteroatoms. The molecule has 2 aromatic carbocycles. The van der Waals surface area contributed by atoms with Gasteiger partial charge in [0.05, 0.1) is 0 Å². The van der Waals surface area contributed by atoms with Crippen molar-refractivity contribution in [2.45, 2.75) is 58.0 Å². The molecule has 3 aliphatic rings. The van der Waals surface area contributed by atoms with Crippen molar-refractivity contribution in [1.82, 2.24) is 15.1 Å². The summed E-state index contributed by atoms with van der Waals surface area (Å²) in [6, 6.07) is 12.7. The Morgan fingerprint density at radius 1 is 1.03 bits per heavy atom. The normalized spacial score (nSPS) is 20.0. The van der Waals surface area contributed by atoms with E-state index in [-0.39, 0.29) is 30.1 Å². The van der Waals surface area contributed by atoms with Crippen LogP contribution in [0.25, 0.3) is 0 Å². The van der Waals surface area contributed by atoms with Crippen molar-refractivity contribution in [1.29, 1.82) is 0 Å². The summed E-state index contributed by atoms with van der Waals surface area (Å²) in [6.45, 7) is 5.89. The summed E-state index contributed by atoms with van der Waals surface area (Å²) in [4.78, 5) is 53.4. The van der Waals surface area contributed by atoms with Gasteiger partial charge in [-0.1, -0.05) is 43.9 Å². The number of likely N-dealkylation sites (tertiary alicyclic amines) is 1. The Bertz CT molecular complexity index is 1330. The average Bonchev–Trinajstić information content (AvgIpc) is 3.24. The van der Waals surface area contributed by atoms with E-state index >= 15 is 0 Å². The molecule has 0 radical (unpaired) electrons. The van der Waals surface area contributed by atoms with E-state index in [1.54, 1.807) is 11.0 Å². The van der Waals surface area contributed by atoms with Gasteiger partial charge in [-0.05, 0) is 60.6 Å². The number of fused-ring (bicyclic) bond motifs is 1. The van der Waals surface area contributed by atoms with Gasteiger partial charge >= 0.3 is 0 Å². The molecule has 0 saturated carbocycles. The zero-order chi connectivity index (χ0) is 26.1. The van der Waals surface area contributed by atoms with Crippen LogP contribution in [0.4, 0.5) is 0 Å². The highest BCUT2D eigenvalue weighted by Crippen LogP contribution is 2.30. The first-order valence-corrected chi connectivity index (χ1v) is 13.0. The van der Waals surface area contributed by atoms with Crippen LogP contribution in [0, 0.1) is 17.8 Å². The van der Waals surface area contributed by atoms with E-state index in [0.717, 1.165) is 35.1 Å². The summed E-state index contributed by atoms with van der Waals surface area (Å²) < 4.78 is 0. The lowest BCUT2D eigenvalue weighted by molar-refractivity contribution is -0.136. The molecule has 5 rings (SSSR count). The second-order valence-electron chi connectivity index (χ2n) is 10.3. The Labute approximate surface area is 217 Å². The van der Waals surface area contributed by atoms with Crippen LogP contribution in [-0.4, -0.2) is 52.6 Å². The smallest absolute Gasteiger partial charge is 0.255 e. The Morgan fingerprint density at radius 3 is 2.51 bits per heavy atom. The van der Waals surface area contributed by atoms with E-state index in [1.807, 2.05) is 35.2 Å². The predicted octanol–water partition coefficient (Wildman–Crippen LogP) is 3.47. The monoisotopic (exact) mass is 497 g/mol. The minimum atomic E-state index is -0.637. The van der Waals surface area contributed by atoms with Gasteiger partial charge in [0, 0.05) is 48.7 Å². The molecule has 0 spiro atoms. The SMILES string of the molecule is CC(C)c1cccc(C(=O)N2CCC(C#Cc3cccc4c3CN(C3CCC(=O)NC3=O)C4=O)CC2)c1. The van der Waals surface area contributed by atoms with E-state index in [2.05, 4.69) is 37.1 Å². The van der Waals surface area contributed by atoms with Gasteiger partial charge in [-0.2, -0.15) is 0 Å². The van der Waals surface area contributed by atoms with Crippen LogP contribution < -0.4 is 5.32 Å². The zero-order valence-electron chi connectivity index (χ0n) is 21.3. The Hall–Kier alpha value is -3.92. The molecule has 0 aliphatic carbocycles. The lowest BCUT2D eigenvalue weighted by Crippen LogP contribution is -2.52. The second kappa shape index (κ2) is 10.2. The number of rotatable bonds is 3. The molecule has 1 atom stereocenters. The summed E-state index contributed by atoms with van der Waals surface area (Å²) in [5.74, 6) is 6.37. The fourth-order valence-electron chi connectivity index (χ4n) is 5.32. The van der Waals surface area contributed by atoms with Crippen LogP contribution in [0.5, 0.6) is 0 Å². The molecule has 4 amide bonds. The molecule has 3 aliphatic heterocycles. The van der Waals surface area contributed by atoms with Crippen molar-refractivity contribution in [3.05, 3.63) is 70.3 Å². The van der Waals surface area contributed by atoms with E-state index in [4.69, 9.17) is 0 Å². The third-order valence-electron chi connectivity index (χ3n) is 7.58. The van der Waals surface area contributed by atoms with E-state index < -0.39 is 11.9 Å². The van der Waals surface area contributed by atoms with Gasteiger partial charge in [0.1, 0.15) is 6.04 Å². The summed E-state index contributed by atoms with van der Waals surface area (Å²) in [7, 11) is 0. The first kappa shape index (κ1) is 24.8. The van der Waals surface area contributed by atoms with Gasteiger partial charge in [-0.3, -0.25) is 24.5 Å². The molecule has 1 N–H and O–H groups in total. The second-order valence-corrected chi connectivity index (χ2v) is 10.3. The van der Waals surface area contributed by atoms with Crippen LogP contribution in [0.15, 0.2) is 42.5 Å². The highest BCUT2D eigenvalue weighted by molar-refractivity contribution is 6.05. The van der Waals surface area contributed by atoms with E-state index in [1.165, 1.54) is 0 Å². The molecule has 2 saturated heterocycles. The summed E-state index contributed by atoms with van der Waals surface area (Å²) in [6.07, 6.45) is 2.18. The van der Waals surface area contributed by atoms with Crippen LogP contribution in [-0.2, 0) is 16.1 Å². The Kier molecular flexibility index (Phi) is 6.84. The molecular formula is C30H31N3O4. The number of carbonyl (C=O) groups is 4. The average molecular weight is 498 g/mol. The number of nitrogens with zero attached hydrogens (tertiary/aromatic N) is 2. The van der Waals surface area contributed by atoms with Crippen molar-refractivity contribution in [3.63, 3.8) is 0 Å². The zero-order valence-corrected chi connectivity index (χ0v) is 21.3. The maximum atomic E-state index is 13.0. The van der Waals surface area contributed by atoms with Crippen molar-refractivity contribution in [2.75, 3.05) is 13.1 Å². The molecule has 190 valence electrons. The maximum absolute atomic E-state index is 13.0. The molecule has 1 unspecified atom stereocenters. The summed E-state index contributed by atoms with van der Waals surface area (Å²) >= 11 is 0. The van der Waals surface area contributed by atoms with Crippen molar-refractivity contribution in [3.8, 4) is 11.8 Å². The van der Waals surface area contributed by atoms with Gasteiger partial charge in [0.15, 0.2) is 0 Å². The summed E-state index contributed by atoms with van der Waals surface area (Å²) in [5, 5.41) is 2.34. The molecule has 37 heavy (non-hydrogen) atoms. The van der Waals surface area contributed by atoms with Gasteiger partial charge < -0.3 is 9.80 Å². The van der Waals surface area contributed by atoms with Crippen molar-refractivity contribution < 1.29 is 19.2 Å². The standard InChI is InChI=1S/C30H31N3O4/c1-19(2)22-6-3-7-23(17-22)29(36)32-15-13-20(14-16-32)9-10-21-5-4-8-24-25(21)18-33(30(24)37)26-11-12-27(34)31-28(26)35/h3-8,17,19-20,26H,11-16,18H2,1-2H3,(H,31,34,35). The highest BCUT2D eigenvalue weighted by atomic mass is 16.2. The van der Waals surface area contributed by atoms with Gasteiger partial charge in [0.2, 0.25) is 11.8 Å². The van der Waals surface area contributed by atoms with Gasteiger partial charge in [0.25, 0.3) is 11.8 Å². The number of hydrogen-bond acceptors (Lipinski definition) is 4. The molecule has 7 nitrogen and oxygen atoms in total. The fourth-order valence-corrected chi connectivity index (χ4v) is 5.32. The first-order chi connectivity index (χ1) is 17.8. The van der Waals surface area contributed by atoms with Crippen molar-refractivity contribution in [2.24, 2.45) is 5.92 Å². The Balaban J connectivity index is 1.24. The van der Waals surface area contributed by atoms with Crippen LogP contribution >= 0.6 is 0 Å². The molecule has 0 bridgehead atoms. The topological polar surface area (TPSA) is 86.8 Å². The van der Waals surface area contributed by atoms with Crippen molar-refractivity contribution >= 4 is 23.6 Å². The summed E-state index contributed by atoms with van der Waals surface area (Å²) in [5.41, 5.74) is 4.10. The molecule has 2 aromatic rings. The van der Waals surface area contributed by atoms with Gasteiger partial charge in [-0.15, -0.1) is 0 Å². The van der Waals surface area contributed by atoms with Gasteiger partial charge in [-0.25, -0.2) is 0 Å². The number of hydrogen-bond donors (Lipinski definition) is 1. The molecule has 0 aromatic heterocycles. The van der Waals surface area contributed by atoms with Crippen LogP contribution in [0.1, 0.15) is 82.9 Å². The molecule has 2 fully saturated rings. The van der Waals surface area contributed by atoms with Crippen LogP contribution in [0.3, 0.4) is 0 Å². The number of nitrogens with one attached hydrogen (secondary N) is 1. The third-order valence-corrected chi connectivity index (χ3v) is 7.58.